The maximum Gasteiger partial charge on any atom is 0.343 e. The first kappa shape index (κ1) is 27.5. The second kappa shape index (κ2) is 11.1. The number of benzene rings is 3. The van der Waals surface area contributed by atoms with Gasteiger partial charge in [0.2, 0.25) is 0 Å². The summed E-state index contributed by atoms with van der Waals surface area (Å²) in [5.74, 6) is -0.304. The van der Waals surface area contributed by atoms with Crippen LogP contribution < -0.4 is 16.7 Å². The Labute approximate surface area is 251 Å². The van der Waals surface area contributed by atoms with Crippen molar-refractivity contribution in [3.8, 4) is 17.0 Å². The number of nitrogens with zero attached hydrogens (tertiary/aromatic N) is 4. The van der Waals surface area contributed by atoms with Gasteiger partial charge in [-0.25, -0.2) is 23.8 Å². The molecular formula is C34H29FN6O3. The van der Waals surface area contributed by atoms with Gasteiger partial charge in [-0.2, -0.15) is 5.10 Å². The fourth-order valence-corrected chi connectivity index (χ4v) is 6.12. The lowest BCUT2D eigenvalue weighted by atomic mass is 9.89. The van der Waals surface area contributed by atoms with Crippen molar-refractivity contribution >= 4 is 33.2 Å². The third-order valence-corrected chi connectivity index (χ3v) is 8.11. The average molecular weight is 589 g/mol. The summed E-state index contributed by atoms with van der Waals surface area (Å²) < 4.78 is 22.1. The molecule has 3 aromatic carbocycles. The van der Waals surface area contributed by atoms with Crippen molar-refractivity contribution in [3.05, 3.63) is 118 Å². The van der Waals surface area contributed by atoms with Gasteiger partial charge < -0.3 is 20.6 Å². The Morgan fingerprint density at radius 1 is 1.09 bits per heavy atom. The van der Waals surface area contributed by atoms with Gasteiger partial charge in [0.25, 0.3) is 0 Å². The predicted molar refractivity (Wildman–Crippen MR) is 168 cm³/mol. The van der Waals surface area contributed by atoms with Crippen molar-refractivity contribution in [3.63, 3.8) is 0 Å². The van der Waals surface area contributed by atoms with Crippen LogP contribution >= 0.6 is 0 Å². The Balaban J connectivity index is 1.42. The van der Waals surface area contributed by atoms with Gasteiger partial charge in [-0.05, 0) is 61.0 Å². The Hall–Kier alpha value is -5.35. The third-order valence-electron chi connectivity index (χ3n) is 8.11. The van der Waals surface area contributed by atoms with E-state index >= 15 is 0 Å². The number of halogens is 1. The van der Waals surface area contributed by atoms with E-state index in [0.717, 1.165) is 42.0 Å². The highest BCUT2D eigenvalue weighted by molar-refractivity contribution is 5.99. The monoisotopic (exact) mass is 588 g/mol. The highest BCUT2D eigenvalue weighted by Gasteiger charge is 2.28. The first-order valence-corrected chi connectivity index (χ1v) is 14.4. The third kappa shape index (κ3) is 4.88. The largest absolute Gasteiger partial charge is 0.508 e. The van der Waals surface area contributed by atoms with E-state index in [0.29, 0.717) is 33.4 Å². The van der Waals surface area contributed by atoms with Crippen LogP contribution in [-0.2, 0) is 6.42 Å². The molecule has 3 aromatic heterocycles. The summed E-state index contributed by atoms with van der Waals surface area (Å²) >= 11 is 0. The molecule has 7 rings (SSSR count). The van der Waals surface area contributed by atoms with Crippen molar-refractivity contribution in [2.24, 2.45) is 0 Å². The lowest BCUT2D eigenvalue weighted by Gasteiger charge is -2.26. The number of aromatic nitrogens is 4. The Bertz CT molecular complexity index is 2100. The number of anilines is 1. The van der Waals surface area contributed by atoms with Crippen molar-refractivity contribution in [2.45, 2.75) is 31.8 Å². The average Bonchev–Trinajstić information content (AvgIpc) is 3.42. The zero-order chi connectivity index (χ0) is 30.4. The summed E-state index contributed by atoms with van der Waals surface area (Å²) in [6, 6.07) is 20.9. The Kier molecular flexibility index (Phi) is 6.90. The van der Waals surface area contributed by atoms with Gasteiger partial charge in [0.1, 0.15) is 41.2 Å². The Morgan fingerprint density at radius 3 is 2.66 bits per heavy atom. The summed E-state index contributed by atoms with van der Waals surface area (Å²) in [6.45, 7) is 2.63. The molecule has 0 aliphatic carbocycles. The standard InChI is InChI=1S/C34H29FN6O3/c1-19(41-33-29(32(36)38-18-39-33)30(40-41)22-14-23(35)17-25(42)16-22)31-28(26-9-5-6-10-27(26)34(43)44-31)21-11-12-37-24(15-21)13-20-7-3-2-4-8-20/h2-10,14-19,24,37,42H,11-13H2,1H3,(H2,36,38,39). The number of nitrogens with one attached hydrogen (secondary N) is 1. The molecule has 1 aliphatic rings. The molecule has 1 aliphatic heterocycles. The second-order valence-corrected chi connectivity index (χ2v) is 11.0. The number of rotatable bonds is 6. The van der Waals surface area contributed by atoms with Crippen molar-refractivity contribution in [2.75, 3.05) is 12.3 Å². The molecular weight excluding hydrogens is 559 g/mol. The van der Waals surface area contributed by atoms with E-state index in [1.807, 2.05) is 43.3 Å². The van der Waals surface area contributed by atoms with Crippen molar-refractivity contribution < 1.29 is 13.9 Å². The molecule has 6 aromatic rings. The van der Waals surface area contributed by atoms with Gasteiger partial charge in [0, 0.05) is 23.2 Å². The molecule has 10 heteroatoms. The van der Waals surface area contributed by atoms with Crippen LogP contribution in [0.25, 0.3) is 38.6 Å². The van der Waals surface area contributed by atoms with Crippen molar-refractivity contribution in [1.29, 1.82) is 0 Å². The molecule has 0 fully saturated rings. The van der Waals surface area contributed by atoms with E-state index in [2.05, 4.69) is 33.5 Å². The SMILES string of the molecule is CC(c1oc(=O)c2ccccc2c1C1=CC(Cc2ccccc2)NCC1)n1nc(-c2cc(O)cc(F)c2)c2c(N)ncnc21. The Morgan fingerprint density at radius 2 is 1.86 bits per heavy atom. The summed E-state index contributed by atoms with van der Waals surface area (Å²) in [4.78, 5) is 22.0. The quantitative estimate of drug-likeness (QED) is 0.228. The number of phenols is 1. The normalized spacial score (nSPS) is 15.9. The maximum atomic E-state index is 14.3. The molecule has 44 heavy (non-hydrogen) atoms. The van der Waals surface area contributed by atoms with Gasteiger partial charge in [-0.15, -0.1) is 0 Å². The molecule has 2 unspecified atom stereocenters. The van der Waals surface area contributed by atoms with E-state index in [1.54, 1.807) is 10.7 Å². The molecule has 0 saturated heterocycles. The van der Waals surface area contributed by atoms with Crippen LogP contribution in [0.3, 0.4) is 0 Å². The molecule has 0 spiro atoms. The molecule has 0 amide bonds. The minimum atomic E-state index is -0.628. The first-order valence-electron chi connectivity index (χ1n) is 14.4. The fraction of sp³-hybridized carbons (Fsp3) is 0.176. The molecule has 0 radical (unpaired) electrons. The summed E-state index contributed by atoms with van der Waals surface area (Å²) in [5, 5.41) is 20.2. The fourth-order valence-electron chi connectivity index (χ4n) is 6.12. The molecule has 0 bridgehead atoms. The van der Waals surface area contributed by atoms with Crippen LogP contribution in [0.4, 0.5) is 10.2 Å². The highest BCUT2D eigenvalue weighted by atomic mass is 19.1. The minimum absolute atomic E-state index is 0.0836. The molecule has 9 nitrogen and oxygen atoms in total. The summed E-state index contributed by atoms with van der Waals surface area (Å²) in [7, 11) is 0. The van der Waals surface area contributed by atoms with E-state index in [4.69, 9.17) is 15.2 Å². The summed E-state index contributed by atoms with van der Waals surface area (Å²) in [6.07, 6.45) is 5.09. The number of nitrogen functional groups attached to an aromatic ring is 1. The van der Waals surface area contributed by atoms with Crippen molar-refractivity contribution in [1.82, 2.24) is 25.1 Å². The van der Waals surface area contributed by atoms with Crippen LogP contribution in [0.1, 0.15) is 36.3 Å². The van der Waals surface area contributed by atoms with E-state index in [1.165, 1.54) is 24.0 Å². The lowest BCUT2D eigenvalue weighted by molar-refractivity contribution is 0.401. The molecule has 220 valence electrons. The van der Waals surface area contributed by atoms with E-state index < -0.39 is 17.5 Å². The van der Waals surface area contributed by atoms with Crippen LogP contribution in [-0.4, -0.2) is 37.4 Å². The second-order valence-electron chi connectivity index (χ2n) is 11.0. The van der Waals surface area contributed by atoms with Crippen LogP contribution in [0.2, 0.25) is 0 Å². The number of phenolic OH excluding ortho intramolecular Hbond substituents is 1. The molecule has 4 N–H and O–H groups in total. The molecule has 0 saturated carbocycles. The number of hydrogen-bond donors (Lipinski definition) is 3. The number of fused-ring (bicyclic) bond motifs is 2. The number of aromatic hydroxyl groups is 1. The van der Waals surface area contributed by atoms with Gasteiger partial charge in [0.05, 0.1) is 10.8 Å². The molecule has 2 atom stereocenters. The van der Waals surface area contributed by atoms with Gasteiger partial charge >= 0.3 is 5.63 Å². The van der Waals surface area contributed by atoms with Crippen LogP contribution in [0, 0.1) is 5.82 Å². The lowest BCUT2D eigenvalue weighted by Crippen LogP contribution is -2.34. The number of nitrogens with two attached hydrogens (primary N) is 1. The zero-order valence-corrected chi connectivity index (χ0v) is 23.9. The minimum Gasteiger partial charge on any atom is -0.508 e. The predicted octanol–water partition coefficient (Wildman–Crippen LogP) is 5.62. The smallest absolute Gasteiger partial charge is 0.343 e. The van der Waals surface area contributed by atoms with Gasteiger partial charge in [-0.3, -0.25) is 0 Å². The summed E-state index contributed by atoms with van der Waals surface area (Å²) in [5.41, 5.74) is 9.95. The van der Waals surface area contributed by atoms with Gasteiger partial charge in [-0.1, -0.05) is 54.6 Å². The van der Waals surface area contributed by atoms with E-state index in [-0.39, 0.29) is 17.6 Å². The first-order chi connectivity index (χ1) is 21.4. The van der Waals surface area contributed by atoms with Gasteiger partial charge in [0.15, 0.2) is 5.65 Å². The van der Waals surface area contributed by atoms with Crippen LogP contribution in [0.15, 0.2) is 94.4 Å². The maximum absolute atomic E-state index is 14.3. The topological polar surface area (TPSA) is 132 Å². The van der Waals surface area contributed by atoms with E-state index in [9.17, 15) is 14.3 Å². The number of hydrogen-bond acceptors (Lipinski definition) is 8. The zero-order valence-electron chi connectivity index (χ0n) is 23.9. The molecule has 4 heterocycles. The highest BCUT2D eigenvalue weighted by Crippen LogP contribution is 2.38. The van der Waals surface area contributed by atoms with Crippen LogP contribution in [0.5, 0.6) is 5.75 Å².